The highest BCUT2D eigenvalue weighted by atomic mass is 19.1. The second-order valence-corrected chi connectivity index (χ2v) is 6.42. The summed E-state index contributed by atoms with van der Waals surface area (Å²) >= 11 is 0. The van der Waals surface area contributed by atoms with Gasteiger partial charge in [0.1, 0.15) is 24.1 Å². The lowest BCUT2D eigenvalue weighted by molar-refractivity contribution is -0.136. The van der Waals surface area contributed by atoms with E-state index in [1.165, 1.54) is 18.2 Å². The molecule has 0 aliphatic rings. The third kappa shape index (κ3) is 4.93. The molecule has 0 bridgehead atoms. The van der Waals surface area contributed by atoms with Crippen LogP contribution in [0.2, 0.25) is 0 Å². The zero-order chi connectivity index (χ0) is 21.0. The Kier molecular flexibility index (Phi) is 6.16. The molecular weight excluding hydrogens is 383 g/mol. The molecule has 0 unspecified atom stereocenters. The van der Waals surface area contributed by atoms with Gasteiger partial charge < -0.3 is 9.84 Å². The first-order chi connectivity index (χ1) is 13.9. The number of pyridine rings is 1. The molecule has 150 valence electrons. The molecule has 1 aromatic heterocycles. The number of aromatic nitrogens is 1. The minimum Gasteiger partial charge on any atom is -0.481 e. The van der Waals surface area contributed by atoms with E-state index in [9.17, 15) is 18.0 Å². The molecular formula is C22H18F3NO3. The van der Waals surface area contributed by atoms with Crippen molar-refractivity contribution < 1.29 is 27.8 Å². The number of carboxylic acids is 1. The highest BCUT2D eigenvalue weighted by molar-refractivity contribution is 5.71. The predicted molar refractivity (Wildman–Crippen MR) is 101 cm³/mol. The first-order valence-electron chi connectivity index (χ1n) is 8.94. The fraction of sp³-hybridized carbons (Fsp3) is 0.182. The van der Waals surface area contributed by atoms with Gasteiger partial charge in [-0.05, 0) is 36.2 Å². The fourth-order valence-corrected chi connectivity index (χ4v) is 2.81. The van der Waals surface area contributed by atoms with Crippen LogP contribution >= 0.6 is 0 Å². The number of benzene rings is 2. The number of nitrogens with zero attached hydrogens (tertiary/aromatic N) is 1. The van der Waals surface area contributed by atoms with Crippen LogP contribution in [0.1, 0.15) is 23.6 Å². The molecule has 0 aliphatic carbocycles. The van der Waals surface area contributed by atoms with Gasteiger partial charge in [-0.2, -0.15) is 0 Å². The average Bonchev–Trinajstić information content (AvgIpc) is 2.69. The van der Waals surface area contributed by atoms with E-state index in [0.29, 0.717) is 5.56 Å². The summed E-state index contributed by atoms with van der Waals surface area (Å²) in [4.78, 5) is 14.9. The fourth-order valence-electron chi connectivity index (χ4n) is 2.81. The van der Waals surface area contributed by atoms with Crippen LogP contribution < -0.4 is 4.74 Å². The largest absolute Gasteiger partial charge is 0.481 e. The van der Waals surface area contributed by atoms with Crippen LogP contribution in [0.3, 0.4) is 0 Å². The molecule has 4 nitrogen and oxygen atoms in total. The minimum atomic E-state index is -1.26. The standard InChI is InChI=1S/C22H18F3NO3/c1-2-13-6-7-14(17(23)8-13)12-29-21-5-3-4-20(26-21)16-11-18(24)15(9-19(16)25)10-22(27)28/h3-9,11H,2,10,12H2,1H3,(H,27,28). The number of carbonyl (C=O) groups is 1. The number of hydrogen-bond donors (Lipinski definition) is 1. The Hall–Kier alpha value is -3.35. The lowest BCUT2D eigenvalue weighted by Gasteiger charge is -2.10. The van der Waals surface area contributed by atoms with Gasteiger partial charge in [0.15, 0.2) is 0 Å². The Morgan fingerprint density at radius 2 is 1.76 bits per heavy atom. The van der Waals surface area contributed by atoms with E-state index < -0.39 is 24.0 Å². The normalized spacial score (nSPS) is 10.8. The number of aryl methyl sites for hydroxylation is 1. The quantitative estimate of drug-likeness (QED) is 0.610. The lowest BCUT2D eigenvalue weighted by Crippen LogP contribution is -2.04. The molecule has 1 N–H and O–H groups in total. The van der Waals surface area contributed by atoms with Gasteiger partial charge in [-0.15, -0.1) is 0 Å². The predicted octanol–water partition coefficient (Wildman–Crippen LogP) is 4.93. The van der Waals surface area contributed by atoms with Crippen LogP contribution in [-0.2, 0) is 24.2 Å². The zero-order valence-electron chi connectivity index (χ0n) is 15.6. The molecule has 0 spiro atoms. The van der Waals surface area contributed by atoms with Gasteiger partial charge in [0.05, 0.1) is 12.1 Å². The summed E-state index contributed by atoms with van der Waals surface area (Å²) in [6, 6.07) is 11.2. The van der Waals surface area contributed by atoms with Gasteiger partial charge in [-0.25, -0.2) is 18.2 Å². The van der Waals surface area contributed by atoms with E-state index in [2.05, 4.69) is 4.98 Å². The SMILES string of the molecule is CCc1ccc(COc2cccc(-c3cc(F)c(CC(=O)O)cc3F)n2)c(F)c1. The number of hydrogen-bond acceptors (Lipinski definition) is 3. The van der Waals surface area contributed by atoms with Crippen LogP contribution in [0.4, 0.5) is 13.2 Å². The number of aliphatic carboxylic acids is 1. The maximum Gasteiger partial charge on any atom is 0.307 e. The zero-order valence-corrected chi connectivity index (χ0v) is 15.6. The van der Waals surface area contributed by atoms with Gasteiger partial charge in [-0.1, -0.05) is 25.1 Å². The van der Waals surface area contributed by atoms with Crippen LogP contribution in [0.25, 0.3) is 11.3 Å². The Balaban J connectivity index is 1.81. The molecule has 3 aromatic rings. The van der Waals surface area contributed by atoms with Crippen LogP contribution in [0.5, 0.6) is 5.88 Å². The molecule has 0 atom stereocenters. The van der Waals surface area contributed by atoms with E-state index in [1.54, 1.807) is 12.1 Å². The molecule has 2 aromatic carbocycles. The van der Waals surface area contributed by atoms with E-state index in [1.807, 2.05) is 13.0 Å². The van der Waals surface area contributed by atoms with E-state index in [0.717, 1.165) is 24.1 Å². The van der Waals surface area contributed by atoms with Crippen molar-refractivity contribution in [2.75, 3.05) is 0 Å². The summed E-state index contributed by atoms with van der Waals surface area (Å²) in [5, 5.41) is 8.76. The molecule has 3 rings (SSSR count). The first-order valence-corrected chi connectivity index (χ1v) is 8.94. The smallest absolute Gasteiger partial charge is 0.307 e. The molecule has 0 radical (unpaired) electrons. The Morgan fingerprint density at radius 1 is 1.00 bits per heavy atom. The second kappa shape index (κ2) is 8.77. The van der Waals surface area contributed by atoms with Gasteiger partial charge >= 0.3 is 5.97 Å². The van der Waals surface area contributed by atoms with Crippen LogP contribution in [-0.4, -0.2) is 16.1 Å². The highest BCUT2D eigenvalue weighted by Crippen LogP contribution is 2.26. The van der Waals surface area contributed by atoms with Crippen molar-refractivity contribution in [1.82, 2.24) is 4.98 Å². The lowest BCUT2D eigenvalue weighted by atomic mass is 10.0. The van der Waals surface area contributed by atoms with Crippen molar-refractivity contribution in [2.45, 2.75) is 26.4 Å². The minimum absolute atomic E-state index is 0.0688. The Bertz CT molecular complexity index is 1050. The van der Waals surface area contributed by atoms with E-state index in [-0.39, 0.29) is 35.1 Å². The van der Waals surface area contributed by atoms with Crippen LogP contribution in [0.15, 0.2) is 48.5 Å². The second-order valence-electron chi connectivity index (χ2n) is 6.42. The third-order valence-corrected chi connectivity index (χ3v) is 4.38. The summed E-state index contributed by atoms with van der Waals surface area (Å²) in [6.07, 6.45) is 0.0943. The highest BCUT2D eigenvalue weighted by Gasteiger charge is 2.15. The molecule has 0 fully saturated rings. The molecule has 29 heavy (non-hydrogen) atoms. The Labute approximate surface area is 165 Å². The summed E-state index contributed by atoms with van der Waals surface area (Å²) in [6.45, 7) is 1.86. The number of halogens is 3. The van der Waals surface area contributed by atoms with Crippen molar-refractivity contribution >= 4 is 5.97 Å². The molecule has 0 amide bonds. The monoisotopic (exact) mass is 401 g/mol. The van der Waals surface area contributed by atoms with Gasteiger partial charge in [0, 0.05) is 22.8 Å². The van der Waals surface area contributed by atoms with Crippen molar-refractivity contribution in [2.24, 2.45) is 0 Å². The van der Waals surface area contributed by atoms with Crippen LogP contribution in [0, 0.1) is 17.5 Å². The molecule has 7 heteroatoms. The van der Waals surface area contributed by atoms with Gasteiger partial charge in [0.2, 0.25) is 5.88 Å². The van der Waals surface area contributed by atoms with Gasteiger partial charge in [0.25, 0.3) is 0 Å². The van der Waals surface area contributed by atoms with Crippen molar-refractivity contribution in [3.63, 3.8) is 0 Å². The Morgan fingerprint density at radius 3 is 2.45 bits per heavy atom. The first kappa shape index (κ1) is 20.4. The average molecular weight is 401 g/mol. The van der Waals surface area contributed by atoms with Crippen molar-refractivity contribution in [3.05, 3.63) is 82.7 Å². The van der Waals surface area contributed by atoms with E-state index >= 15 is 0 Å². The van der Waals surface area contributed by atoms with Crippen molar-refractivity contribution in [1.29, 1.82) is 0 Å². The molecule has 0 saturated carbocycles. The molecule has 1 heterocycles. The molecule has 0 aliphatic heterocycles. The summed E-state index contributed by atoms with van der Waals surface area (Å²) < 4.78 is 48.1. The number of ether oxygens (including phenoxy) is 1. The number of rotatable bonds is 7. The molecule has 0 saturated heterocycles. The van der Waals surface area contributed by atoms with E-state index in [4.69, 9.17) is 9.84 Å². The number of carboxylic acid groups (broad SMARTS) is 1. The maximum atomic E-state index is 14.4. The summed E-state index contributed by atoms with van der Waals surface area (Å²) in [5.74, 6) is -3.16. The third-order valence-electron chi connectivity index (χ3n) is 4.38. The topological polar surface area (TPSA) is 59.4 Å². The summed E-state index contributed by atoms with van der Waals surface area (Å²) in [7, 11) is 0. The maximum absolute atomic E-state index is 14.4. The summed E-state index contributed by atoms with van der Waals surface area (Å²) in [5.41, 5.74) is 0.958. The van der Waals surface area contributed by atoms with Gasteiger partial charge in [-0.3, -0.25) is 4.79 Å². The van der Waals surface area contributed by atoms with Crippen molar-refractivity contribution in [3.8, 4) is 17.1 Å².